The van der Waals surface area contributed by atoms with Gasteiger partial charge in [-0.15, -0.1) is 0 Å². The number of likely N-dealkylation sites (N-methyl/N-ethyl adjacent to an activating group) is 1. The van der Waals surface area contributed by atoms with E-state index in [0.717, 1.165) is 30.0 Å². The minimum absolute atomic E-state index is 0.424. The zero-order chi connectivity index (χ0) is 13.6. The van der Waals surface area contributed by atoms with E-state index in [9.17, 15) is 0 Å². The summed E-state index contributed by atoms with van der Waals surface area (Å²) in [5, 5.41) is 1.26. The van der Waals surface area contributed by atoms with E-state index >= 15 is 0 Å². The predicted octanol–water partition coefficient (Wildman–Crippen LogP) is 2.73. The molecule has 1 aromatic carbocycles. The molecule has 0 aliphatic carbocycles. The number of fused-ring (bicyclic) bond motifs is 3. The molecule has 1 aliphatic heterocycles. The topological polar surface area (TPSA) is 37.5 Å². The van der Waals surface area contributed by atoms with E-state index in [1.165, 1.54) is 16.6 Å². The van der Waals surface area contributed by atoms with Crippen molar-refractivity contribution in [2.45, 2.75) is 19.4 Å². The Morgan fingerprint density at radius 2 is 1.89 bits per heavy atom. The summed E-state index contributed by atoms with van der Waals surface area (Å²) in [6.07, 6.45) is 1.08. The van der Waals surface area contributed by atoms with Crippen molar-refractivity contribution in [3.8, 4) is 11.5 Å². The Morgan fingerprint density at radius 3 is 2.58 bits per heavy atom. The third-order valence-electron chi connectivity index (χ3n) is 4.24. The SMILES string of the molecule is COc1cc2[nH]c3c(c2cc1OC)CCN(C)C3C. The standard InChI is InChI=1S/C15H20N2O2/c1-9-15-10(5-6-17(9)2)11-7-13(18-3)14(19-4)8-12(11)16-15/h7-9,16H,5-6H2,1-4H3. The smallest absolute Gasteiger partial charge is 0.162 e. The van der Waals surface area contributed by atoms with Crippen LogP contribution in [0.15, 0.2) is 12.1 Å². The summed E-state index contributed by atoms with van der Waals surface area (Å²) in [7, 11) is 5.52. The number of benzene rings is 1. The van der Waals surface area contributed by atoms with Crippen LogP contribution >= 0.6 is 0 Å². The fourth-order valence-electron chi connectivity index (χ4n) is 2.93. The molecule has 1 atom stereocenters. The molecule has 4 nitrogen and oxygen atoms in total. The molecule has 0 fully saturated rings. The van der Waals surface area contributed by atoms with E-state index in [1.54, 1.807) is 14.2 Å². The average Bonchev–Trinajstić information content (AvgIpc) is 2.79. The molecule has 1 unspecified atom stereocenters. The number of hydrogen-bond acceptors (Lipinski definition) is 3. The van der Waals surface area contributed by atoms with E-state index < -0.39 is 0 Å². The molecule has 2 heterocycles. The van der Waals surface area contributed by atoms with Crippen molar-refractivity contribution in [2.75, 3.05) is 27.8 Å². The van der Waals surface area contributed by atoms with Crippen molar-refractivity contribution < 1.29 is 9.47 Å². The van der Waals surface area contributed by atoms with E-state index in [1.807, 2.05) is 6.07 Å². The van der Waals surface area contributed by atoms with Gasteiger partial charge >= 0.3 is 0 Å². The van der Waals surface area contributed by atoms with E-state index in [0.29, 0.717) is 6.04 Å². The number of aromatic amines is 1. The molecule has 1 aliphatic rings. The molecular weight excluding hydrogens is 240 g/mol. The average molecular weight is 260 g/mol. The quantitative estimate of drug-likeness (QED) is 0.902. The highest BCUT2D eigenvalue weighted by molar-refractivity contribution is 5.88. The van der Waals surface area contributed by atoms with Crippen molar-refractivity contribution in [2.24, 2.45) is 0 Å². The lowest BCUT2D eigenvalue weighted by Gasteiger charge is -2.29. The molecule has 102 valence electrons. The normalized spacial score (nSPS) is 19.5. The molecular formula is C15H20N2O2. The van der Waals surface area contributed by atoms with Crippen molar-refractivity contribution in [1.29, 1.82) is 0 Å². The molecule has 0 radical (unpaired) electrons. The largest absolute Gasteiger partial charge is 0.493 e. The Balaban J connectivity index is 2.23. The Bertz CT molecular complexity index is 618. The zero-order valence-corrected chi connectivity index (χ0v) is 11.9. The zero-order valence-electron chi connectivity index (χ0n) is 11.9. The predicted molar refractivity (Wildman–Crippen MR) is 76.2 cm³/mol. The molecule has 2 aromatic rings. The van der Waals surface area contributed by atoms with Crippen molar-refractivity contribution in [3.63, 3.8) is 0 Å². The van der Waals surface area contributed by atoms with Crippen LogP contribution in [-0.4, -0.2) is 37.7 Å². The van der Waals surface area contributed by atoms with Gasteiger partial charge in [-0.1, -0.05) is 0 Å². The van der Waals surface area contributed by atoms with Gasteiger partial charge < -0.3 is 14.5 Å². The molecule has 0 spiro atoms. The van der Waals surface area contributed by atoms with Gasteiger partial charge in [-0.05, 0) is 32.0 Å². The van der Waals surface area contributed by atoms with Crippen LogP contribution < -0.4 is 9.47 Å². The minimum Gasteiger partial charge on any atom is -0.493 e. The number of hydrogen-bond donors (Lipinski definition) is 1. The molecule has 0 saturated carbocycles. The second kappa shape index (κ2) is 4.46. The molecule has 0 saturated heterocycles. The van der Waals surface area contributed by atoms with Crippen LogP contribution in [0.5, 0.6) is 11.5 Å². The number of rotatable bonds is 2. The van der Waals surface area contributed by atoms with Gasteiger partial charge in [0.05, 0.1) is 14.2 Å². The minimum atomic E-state index is 0.424. The fourth-order valence-corrected chi connectivity index (χ4v) is 2.93. The monoisotopic (exact) mass is 260 g/mol. The lowest BCUT2D eigenvalue weighted by Crippen LogP contribution is -2.30. The lowest BCUT2D eigenvalue weighted by molar-refractivity contribution is 0.244. The van der Waals surface area contributed by atoms with Gasteiger partial charge in [0, 0.05) is 35.2 Å². The van der Waals surface area contributed by atoms with Crippen LogP contribution in [0.1, 0.15) is 24.2 Å². The molecule has 3 rings (SSSR count). The van der Waals surface area contributed by atoms with E-state index in [4.69, 9.17) is 9.47 Å². The Morgan fingerprint density at radius 1 is 1.21 bits per heavy atom. The maximum absolute atomic E-state index is 5.40. The fraction of sp³-hybridized carbons (Fsp3) is 0.467. The summed E-state index contributed by atoms with van der Waals surface area (Å²) in [4.78, 5) is 5.91. The molecule has 1 aromatic heterocycles. The molecule has 4 heteroatoms. The first-order chi connectivity index (χ1) is 9.15. The van der Waals surface area contributed by atoms with Gasteiger partial charge in [0.2, 0.25) is 0 Å². The maximum atomic E-state index is 5.40. The Hall–Kier alpha value is -1.68. The van der Waals surface area contributed by atoms with Crippen LogP contribution in [0.4, 0.5) is 0 Å². The first kappa shape index (κ1) is 12.4. The van der Waals surface area contributed by atoms with Gasteiger partial charge in [-0.2, -0.15) is 0 Å². The summed E-state index contributed by atoms with van der Waals surface area (Å²) < 4.78 is 10.8. The Kier molecular flexibility index (Phi) is 2.90. The number of ether oxygens (including phenoxy) is 2. The summed E-state index contributed by atoms with van der Waals surface area (Å²) in [6, 6.07) is 4.54. The second-order valence-corrected chi connectivity index (χ2v) is 5.18. The number of methoxy groups -OCH3 is 2. The number of nitrogens with one attached hydrogen (secondary N) is 1. The highest BCUT2D eigenvalue weighted by atomic mass is 16.5. The van der Waals surface area contributed by atoms with Crippen molar-refractivity contribution in [1.82, 2.24) is 9.88 Å². The molecule has 0 amide bonds. The number of nitrogens with zero attached hydrogens (tertiary/aromatic N) is 1. The highest BCUT2D eigenvalue weighted by Crippen LogP contribution is 2.38. The maximum Gasteiger partial charge on any atom is 0.162 e. The third-order valence-corrected chi connectivity index (χ3v) is 4.24. The first-order valence-corrected chi connectivity index (χ1v) is 6.62. The summed E-state index contributed by atoms with van der Waals surface area (Å²) >= 11 is 0. The Labute approximate surface area is 113 Å². The molecule has 1 N–H and O–H groups in total. The first-order valence-electron chi connectivity index (χ1n) is 6.62. The van der Waals surface area contributed by atoms with Gasteiger partial charge in [0.15, 0.2) is 11.5 Å². The van der Waals surface area contributed by atoms with Gasteiger partial charge in [0.25, 0.3) is 0 Å². The lowest BCUT2D eigenvalue weighted by atomic mass is 9.99. The van der Waals surface area contributed by atoms with E-state index in [-0.39, 0.29) is 0 Å². The van der Waals surface area contributed by atoms with Gasteiger partial charge in [0.1, 0.15) is 0 Å². The van der Waals surface area contributed by atoms with Crippen LogP contribution in [0.25, 0.3) is 10.9 Å². The third kappa shape index (κ3) is 1.78. The van der Waals surface area contributed by atoms with E-state index in [2.05, 4.69) is 29.9 Å². The summed E-state index contributed by atoms with van der Waals surface area (Å²) in [6.45, 7) is 3.33. The van der Waals surface area contributed by atoms with Crippen LogP contribution in [-0.2, 0) is 6.42 Å². The number of aromatic nitrogens is 1. The van der Waals surface area contributed by atoms with Crippen molar-refractivity contribution in [3.05, 3.63) is 23.4 Å². The summed E-state index contributed by atoms with van der Waals surface area (Å²) in [5.41, 5.74) is 3.87. The molecule has 0 bridgehead atoms. The van der Waals surface area contributed by atoms with Crippen LogP contribution in [0.3, 0.4) is 0 Å². The van der Waals surface area contributed by atoms with Crippen LogP contribution in [0.2, 0.25) is 0 Å². The summed E-state index contributed by atoms with van der Waals surface area (Å²) in [5.74, 6) is 1.57. The highest BCUT2D eigenvalue weighted by Gasteiger charge is 2.25. The second-order valence-electron chi connectivity index (χ2n) is 5.18. The number of H-pyrrole nitrogens is 1. The molecule has 19 heavy (non-hydrogen) atoms. The van der Waals surface area contributed by atoms with Gasteiger partial charge in [-0.3, -0.25) is 4.90 Å². The van der Waals surface area contributed by atoms with Gasteiger partial charge in [-0.25, -0.2) is 0 Å². The van der Waals surface area contributed by atoms with Crippen LogP contribution in [0, 0.1) is 0 Å². The van der Waals surface area contributed by atoms with Crippen molar-refractivity contribution >= 4 is 10.9 Å².